The van der Waals surface area contributed by atoms with Gasteiger partial charge in [-0.1, -0.05) is 168 Å². The Hall–Kier alpha value is -3.91. The molecule has 0 unspecified atom stereocenters. The second-order valence-corrected chi connectivity index (χ2v) is 19.8. The van der Waals surface area contributed by atoms with Gasteiger partial charge in [-0.3, -0.25) is 19.2 Å². The van der Waals surface area contributed by atoms with Crippen molar-refractivity contribution in [2.75, 3.05) is 65.8 Å². The van der Waals surface area contributed by atoms with Crippen molar-refractivity contribution in [3.8, 4) is 5.75 Å². The highest BCUT2D eigenvalue weighted by Crippen LogP contribution is 2.19. The number of alkyl carbamates (subject to hydrolysis) is 1. The lowest BCUT2D eigenvalue weighted by Crippen LogP contribution is -2.34. The van der Waals surface area contributed by atoms with Gasteiger partial charge >= 0.3 is 6.09 Å². The van der Waals surface area contributed by atoms with E-state index in [2.05, 4.69) is 40.4 Å². The van der Waals surface area contributed by atoms with Gasteiger partial charge in [0.15, 0.2) is 0 Å². The van der Waals surface area contributed by atoms with Crippen molar-refractivity contribution in [2.24, 2.45) is 0 Å². The van der Waals surface area contributed by atoms with Crippen LogP contribution in [0.15, 0.2) is 18.2 Å². The maximum atomic E-state index is 13.2. The lowest BCUT2D eigenvalue weighted by molar-refractivity contribution is -0.122. The fraction of sp³-hybridized carbons (Fsp3) is 0.804. The first-order valence-corrected chi connectivity index (χ1v) is 27.9. The summed E-state index contributed by atoms with van der Waals surface area (Å²) in [6.07, 6.45) is 34.1. The van der Waals surface area contributed by atoms with Gasteiger partial charge in [-0.15, -0.1) is 0 Å². The fourth-order valence-electron chi connectivity index (χ4n) is 7.91. The standard InChI is InChI=1S/C56H101N5O9/c1-6-8-10-12-14-16-18-20-22-24-26-28-30-33-51(62)57-36-41-67-40-32-35-59-53(64)48-45-49(47-50(46-48)69-44-39-61-55(66)70-56(3,4)5)54(65)60-38-43-68-42-37-58-52(63)34-31-29-27-25-23-21-19-17-15-13-11-9-7-2/h45-47H,6-44H2,1-5H3,(H,57,62)(H,58,63)(H,59,64)(H,60,65)(H,61,66). The Morgan fingerprint density at radius 2 is 0.757 bits per heavy atom. The monoisotopic (exact) mass is 988 g/mol. The van der Waals surface area contributed by atoms with Crippen LogP contribution >= 0.6 is 0 Å². The summed E-state index contributed by atoms with van der Waals surface area (Å²) in [7, 11) is 0. The molecular weight excluding hydrogens is 887 g/mol. The SMILES string of the molecule is CCCCCCCCCCCCCCCC(=O)NCCOCCCNC(=O)c1cc(OCCNC(=O)OC(C)(C)C)cc(C(=O)NCCOCCNC(=O)CCCCCCCCCCCCCCC)c1. The number of carbonyl (C=O) groups is 5. The molecular formula is C56H101N5O9. The Morgan fingerprint density at radius 1 is 0.400 bits per heavy atom. The van der Waals surface area contributed by atoms with Crippen LogP contribution in [0.1, 0.15) is 242 Å². The zero-order valence-corrected chi connectivity index (χ0v) is 45.0. The van der Waals surface area contributed by atoms with Gasteiger partial charge in [-0.2, -0.15) is 0 Å². The number of carbonyl (C=O) groups excluding carboxylic acids is 5. The number of ether oxygens (including phenoxy) is 4. The van der Waals surface area contributed by atoms with Gasteiger partial charge in [-0.25, -0.2) is 4.79 Å². The number of hydrogen-bond donors (Lipinski definition) is 5. The first-order chi connectivity index (χ1) is 33.9. The van der Waals surface area contributed by atoms with Crippen LogP contribution in [-0.2, 0) is 23.8 Å². The Morgan fingerprint density at radius 3 is 1.17 bits per heavy atom. The van der Waals surface area contributed by atoms with E-state index in [-0.39, 0.29) is 60.9 Å². The first-order valence-electron chi connectivity index (χ1n) is 27.9. The van der Waals surface area contributed by atoms with Crippen molar-refractivity contribution in [1.29, 1.82) is 0 Å². The van der Waals surface area contributed by atoms with Gasteiger partial charge in [0.05, 0.1) is 26.4 Å². The molecule has 0 atom stereocenters. The molecule has 0 saturated heterocycles. The van der Waals surface area contributed by atoms with Crippen molar-refractivity contribution in [3.05, 3.63) is 29.3 Å². The summed E-state index contributed by atoms with van der Waals surface area (Å²) < 4.78 is 22.4. The van der Waals surface area contributed by atoms with Crippen molar-refractivity contribution in [2.45, 2.75) is 226 Å². The lowest BCUT2D eigenvalue weighted by Gasteiger charge is -2.19. The molecule has 5 amide bonds. The highest BCUT2D eigenvalue weighted by atomic mass is 16.6. The number of rotatable bonds is 47. The molecule has 0 heterocycles. The summed E-state index contributed by atoms with van der Waals surface area (Å²) >= 11 is 0. The maximum absolute atomic E-state index is 13.2. The molecule has 1 aromatic rings. The molecule has 0 fully saturated rings. The van der Waals surface area contributed by atoms with E-state index in [1.165, 1.54) is 147 Å². The summed E-state index contributed by atoms with van der Waals surface area (Å²) in [6.45, 7) is 12.8. The van der Waals surface area contributed by atoms with Crippen LogP contribution in [0.3, 0.4) is 0 Å². The molecule has 14 heteroatoms. The van der Waals surface area contributed by atoms with E-state index in [4.69, 9.17) is 18.9 Å². The molecule has 404 valence electrons. The van der Waals surface area contributed by atoms with E-state index in [1.807, 2.05) is 0 Å². The zero-order chi connectivity index (χ0) is 51.2. The van der Waals surface area contributed by atoms with Gasteiger partial charge in [0.25, 0.3) is 11.8 Å². The Bertz CT molecular complexity index is 1490. The van der Waals surface area contributed by atoms with Crippen molar-refractivity contribution in [1.82, 2.24) is 26.6 Å². The molecule has 0 saturated carbocycles. The van der Waals surface area contributed by atoms with Gasteiger partial charge in [-0.05, 0) is 58.2 Å². The van der Waals surface area contributed by atoms with Crippen LogP contribution in [0.4, 0.5) is 4.79 Å². The topological polar surface area (TPSA) is 182 Å². The van der Waals surface area contributed by atoms with E-state index in [0.717, 1.165) is 25.7 Å². The summed E-state index contributed by atoms with van der Waals surface area (Å²) in [5.41, 5.74) is -0.181. The summed E-state index contributed by atoms with van der Waals surface area (Å²) in [4.78, 5) is 63.0. The number of hydrogen-bond acceptors (Lipinski definition) is 9. The number of nitrogens with one attached hydrogen (secondary N) is 5. The van der Waals surface area contributed by atoms with Crippen molar-refractivity contribution in [3.63, 3.8) is 0 Å². The minimum Gasteiger partial charge on any atom is -0.492 e. The van der Waals surface area contributed by atoms with Crippen LogP contribution in [0.25, 0.3) is 0 Å². The Labute approximate surface area is 425 Å². The third kappa shape index (κ3) is 40.8. The van der Waals surface area contributed by atoms with Gasteiger partial charge in [0.2, 0.25) is 11.8 Å². The molecule has 0 radical (unpaired) electrons. The van der Waals surface area contributed by atoms with Crippen LogP contribution < -0.4 is 31.3 Å². The number of benzene rings is 1. The molecule has 1 rings (SSSR count). The molecule has 70 heavy (non-hydrogen) atoms. The quantitative estimate of drug-likeness (QED) is 0.0397. The summed E-state index contributed by atoms with van der Waals surface area (Å²) in [5, 5.41) is 14.2. The fourth-order valence-corrected chi connectivity index (χ4v) is 7.91. The molecule has 5 N–H and O–H groups in total. The summed E-state index contributed by atoms with van der Waals surface area (Å²) in [6, 6.07) is 4.59. The van der Waals surface area contributed by atoms with Crippen LogP contribution in [-0.4, -0.2) is 101 Å². The third-order valence-electron chi connectivity index (χ3n) is 11.9. The molecule has 0 aromatic heterocycles. The highest BCUT2D eigenvalue weighted by Gasteiger charge is 2.17. The van der Waals surface area contributed by atoms with E-state index >= 15 is 0 Å². The average Bonchev–Trinajstić information content (AvgIpc) is 3.33. The largest absolute Gasteiger partial charge is 0.492 e. The minimum absolute atomic E-state index is 0.0306. The normalized spacial score (nSPS) is 11.3. The molecule has 0 bridgehead atoms. The van der Waals surface area contributed by atoms with Crippen molar-refractivity contribution < 1.29 is 42.9 Å². The molecule has 0 aliphatic carbocycles. The van der Waals surface area contributed by atoms with Crippen molar-refractivity contribution >= 4 is 29.7 Å². The lowest BCUT2D eigenvalue weighted by atomic mass is 10.0. The predicted octanol–water partition coefficient (Wildman–Crippen LogP) is 11.7. The molecule has 0 aliphatic heterocycles. The molecule has 1 aromatic carbocycles. The zero-order valence-electron chi connectivity index (χ0n) is 45.0. The Kier molecular flexibility index (Phi) is 41.2. The smallest absolute Gasteiger partial charge is 0.407 e. The highest BCUT2D eigenvalue weighted by molar-refractivity contribution is 6.00. The average molecular weight is 988 g/mol. The second kappa shape index (κ2) is 45.0. The van der Waals surface area contributed by atoms with Gasteiger partial charge in [0.1, 0.15) is 18.0 Å². The van der Waals surface area contributed by atoms with Gasteiger partial charge in [0, 0.05) is 56.8 Å². The Balaban J connectivity index is 2.35. The number of amides is 5. The van der Waals surface area contributed by atoms with E-state index in [0.29, 0.717) is 58.7 Å². The summed E-state index contributed by atoms with van der Waals surface area (Å²) in [5.74, 6) is -0.424. The van der Waals surface area contributed by atoms with Crippen LogP contribution in [0.2, 0.25) is 0 Å². The van der Waals surface area contributed by atoms with E-state index in [1.54, 1.807) is 32.9 Å². The second-order valence-electron chi connectivity index (χ2n) is 19.8. The minimum atomic E-state index is -0.643. The molecule has 0 aliphatic rings. The molecule has 0 spiro atoms. The molecule has 14 nitrogen and oxygen atoms in total. The van der Waals surface area contributed by atoms with Crippen LogP contribution in [0, 0.1) is 0 Å². The first kappa shape index (κ1) is 64.1. The van der Waals surface area contributed by atoms with Crippen LogP contribution in [0.5, 0.6) is 5.75 Å². The number of unbranched alkanes of at least 4 members (excludes halogenated alkanes) is 24. The third-order valence-corrected chi connectivity index (χ3v) is 11.9. The predicted molar refractivity (Wildman–Crippen MR) is 284 cm³/mol. The maximum Gasteiger partial charge on any atom is 0.407 e. The van der Waals surface area contributed by atoms with E-state index in [9.17, 15) is 24.0 Å². The van der Waals surface area contributed by atoms with E-state index < -0.39 is 17.6 Å². The van der Waals surface area contributed by atoms with Gasteiger partial charge < -0.3 is 45.5 Å².